The molecule has 1 aliphatic rings. The maximum Gasteiger partial charge on any atom is 0.122 e. The van der Waals surface area contributed by atoms with Crippen LogP contribution in [0.15, 0.2) is 22.8 Å². The van der Waals surface area contributed by atoms with Crippen molar-refractivity contribution in [3.05, 3.63) is 24.2 Å². The lowest BCUT2D eigenvalue weighted by molar-refractivity contribution is 0.205. The molecule has 1 saturated heterocycles. The second-order valence-corrected chi connectivity index (χ2v) is 4.99. The van der Waals surface area contributed by atoms with Crippen LogP contribution in [0.3, 0.4) is 0 Å². The maximum absolute atomic E-state index is 5.59. The number of furan rings is 1. The molecule has 2 rings (SSSR count). The molecule has 0 saturated carbocycles. The number of likely N-dealkylation sites (tertiary alicyclic amines) is 1. The molecule has 0 radical (unpaired) electrons. The Morgan fingerprint density at radius 3 is 2.76 bits per heavy atom. The van der Waals surface area contributed by atoms with Crippen LogP contribution in [0, 0.1) is 0 Å². The van der Waals surface area contributed by atoms with Gasteiger partial charge >= 0.3 is 0 Å². The van der Waals surface area contributed by atoms with E-state index in [0.717, 1.165) is 12.3 Å². The van der Waals surface area contributed by atoms with Gasteiger partial charge in [-0.25, -0.2) is 0 Å². The summed E-state index contributed by atoms with van der Waals surface area (Å²) in [6.45, 7) is 7.85. The zero-order valence-electron chi connectivity index (χ0n) is 11.0. The maximum atomic E-state index is 5.59. The van der Waals surface area contributed by atoms with E-state index in [1.54, 1.807) is 6.26 Å². The molecule has 1 fully saturated rings. The predicted molar refractivity (Wildman–Crippen MR) is 70.0 cm³/mol. The lowest BCUT2D eigenvalue weighted by Gasteiger charge is -2.27. The third-order valence-electron chi connectivity index (χ3n) is 3.73. The summed E-state index contributed by atoms with van der Waals surface area (Å²) in [6, 6.07) is 5.07. The Balaban J connectivity index is 1.97. The molecule has 2 atom stereocenters. The van der Waals surface area contributed by atoms with Gasteiger partial charge in [0, 0.05) is 12.6 Å². The minimum atomic E-state index is 0.404. The fraction of sp³-hybridized carbons (Fsp3) is 0.714. The van der Waals surface area contributed by atoms with E-state index in [2.05, 4.69) is 30.1 Å². The summed E-state index contributed by atoms with van der Waals surface area (Å²) in [4.78, 5) is 2.54. The zero-order chi connectivity index (χ0) is 12.1. The number of nitrogens with zero attached hydrogens (tertiary/aromatic N) is 1. The monoisotopic (exact) mass is 236 g/mol. The molecule has 3 heteroatoms. The van der Waals surface area contributed by atoms with E-state index in [4.69, 9.17) is 4.42 Å². The lowest BCUT2D eigenvalue weighted by atomic mass is 10.1. The van der Waals surface area contributed by atoms with Crippen molar-refractivity contribution in [3.8, 4) is 0 Å². The molecule has 1 aromatic rings. The molecule has 0 aromatic carbocycles. The largest absolute Gasteiger partial charge is 0.468 e. The molecule has 3 nitrogen and oxygen atoms in total. The molecule has 0 aliphatic carbocycles. The highest BCUT2D eigenvalue weighted by Gasteiger charge is 2.25. The van der Waals surface area contributed by atoms with Crippen molar-refractivity contribution in [2.24, 2.45) is 0 Å². The molecule has 2 heterocycles. The molecule has 96 valence electrons. The van der Waals surface area contributed by atoms with Gasteiger partial charge in [0.05, 0.1) is 12.3 Å². The van der Waals surface area contributed by atoms with Crippen molar-refractivity contribution >= 4 is 0 Å². The first-order valence-electron chi connectivity index (χ1n) is 6.82. The van der Waals surface area contributed by atoms with Gasteiger partial charge in [-0.1, -0.05) is 6.92 Å². The summed E-state index contributed by atoms with van der Waals surface area (Å²) in [5.74, 6) is 1.10. The van der Waals surface area contributed by atoms with Crippen LogP contribution >= 0.6 is 0 Å². The molecule has 1 aromatic heterocycles. The van der Waals surface area contributed by atoms with E-state index < -0.39 is 0 Å². The van der Waals surface area contributed by atoms with E-state index in [9.17, 15) is 0 Å². The Morgan fingerprint density at radius 2 is 2.18 bits per heavy atom. The van der Waals surface area contributed by atoms with Crippen LogP contribution in [0.5, 0.6) is 0 Å². The smallest absolute Gasteiger partial charge is 0.122 e. The van der Waals surface area contributed by atoms with Crippen LogP contribution in [0.4, 0.5) is 0 Å². The summed E-state index contributed by atoms with van der Waals surface area (Å²) >= 11 is 0. The van der Waals surface area contributed by atoms with Gasteiger partial charge in [0.25, 0.3) is 0 Å². The Labute approximate surface area is 104 Å². The molecule has 0 bridgehead atoms. The van der Waals surface area contributed by atoms with Gasteiger partial charge in [0.1, 0.15) is 5.76 Å². The quantitative estimate of drug-likeness (QED) is 0.823. The minimum absolute atomic E-state index is 0.404. The first-order chi connectivity index (χ1) is 8.31. The average Bonchev–Trinajstić information content (AvgIpc) is 3.01. The van der Waals surface area contributed by atoms with E-state index in [1.165, 1.54) is 32.4 Å². The molecule has 1 aliphatic heterocycles. The van der Waals surface area contributed by atoms with Gasteiger partial charge in [-0.3, -0.25) is 4.90 Å². The topological polar surface area (TPSA) is 28.4 Å². The molecule has 0 spiro atoms. The highest BCUT2D eigenvalue weighted by atomic mass is 16.3. The first kappa shape index (κ1) is 12.7. The van der Waals surface area contributed by atoms with E-state index in [-0.39, 0.29) is 0 Å². The standard InChI is InChI=1S/C14H24N2O/c1-3-12(2)15-11-13(14-7-6-10-17-14)16-8-4-5-9-16/h6-7,10,12-13,15H,3-5,8-9,11H2,1-2H3. The van der Waals surface area contributed by atoms with Crippen LogP contribution in [0.2, 0.25) is 0 Å². The predicted octanol–water partition coefficient (Wildman–Crippen LogP) is 2.80. The summed E-state index contributed by atoms with van der Waals surface area (Å²) in [5.41, 5.74) is 0. The van der Waals surface area contributed by atoms with Crippen molar-refractivity contribution in [2.45, 2.75) is 45.2 Å². The summed E-state index contributed by atoms with van der Waals surface area (Å²) in [5, 5.41) is 3.60. The molecule has 1 N–H and O–H groups in total. The number of hydrogen-bond donors (Lipinski definition) is 1. The van der Waals surface area contributed by atoms with Gasteiger partial charge in [-0.05, 0) is 51.4 Å². The van der Waals surface area contributed by atoms with Crippen LogP contribution < -0.4 is 5.32 Å². The highest BCUT2D eigenvalue weighted by molar-refractivity contribution is 5.06. The molecular weight excluding hydrogens is 212 g/mol. The molecule has 0 amide bonds. The molecule has 2 unspecified atom stereocenters. The first-order valence-corrected chi connectivity index (χ1v) is 6.82. The van der Waals surface area contributed by atoms with Gasteiger partial charge in [-0.15, -0.1) is 0 Å². The average molecular weight is 236 g/mol. The summed E-state index contributed by atoms with van der Waals surface area (Å²) in [7, 11) is 0. The molecular formula is C14H24N2O. The number of nitrogens with one attached hydrogen (secondary N) is 1. The van der Waals surface area contributed by atoms with Crippen molar-refractivity contribution in [2.75, 3.05) is 19.6 Å². The zero-order valence-corrected chi connectivity index (χ0v) is 11.0. The Bertz CT molecular complexity index is 304. The van der Waals surface area contributed by atoms with E-state index >= 15 is 0 Å². The lowest BCUT2D eigenvalue weighted by Crippen LogP contribution is -2.37. The van der Waals surface area contributed by atoms with Crippen LogP contribution in [-0.4, -0.2) is 30.6 Å². The number of hydrogen-bond acceptors (Lipinski definition) is 3. The van der Waals surface area contributed by atoms with Gasteiger partial charge in [0.2, 0.25) is 0 Å². The summed E-state index contributed by atoms with van der Waals surface area (Å²) < 4.78 is 5.59. The van der Waals surface area contributed by atoms with Gasteiger partial charge in [-0.2, -0.15) is 0 Å². The van der Waals surface area contributed by atoms with Crippen molar-refractivity contribution < 1.29 is 4.42 Å². The molecule has 17 heavy (non-hydrogen) atoms. The van der Waals surface area contributed by atoms with Crippen molar-refractivity contribution in [1.29, 1.82) is 0 Å². The van der Waals surface area contributed by atoms with E-state index in [1.807, 2.05) is 6.07 Å². The van der Waals surface area contributed by atoms with Gasteiger partial charge < -0.3 is 9.73 Å². The number of rotatable bonds is 6. The Morgan fingerprint density at radius 1 is 1.41 bits per heavy atom. The van der Waals surface area contributed by atoms with Crippen LogP contribution in [0.25, 0.3) is 0 Å². The second-order valence-electron chi connectivity index (χ2n) is 4.99. The van der Waals surface area contributed by atoms with Gasteiger partial charge in [0.15, 0.2) is 0 Å². The third-order valence-corrected chi connectivity index (χ3v) is 3.73. The fourth-order valence-corrected chi connectivity index (χ4v) is 2.40. The van der Waals surface area contributed by atoms with Crippen molar-refractivity contribution in [1.82, 2.24) is 10.2 Å². The Kier molecular flexibility index (Phi) is 4.63. The Hall–Kier alpha value is -0.800. The third kappa shape index (κ3) is 3.33. The second kappa shape index (κ2) is 6.22. The van der Waals surface area contributed by atoms with Crippen molar-refractivity contribution in [3.63, 3.8) is 0 Å². The SMILES string of the molecule is CCC(C)NCC(c1ccco1)N1CCCC1. The fourth-order valence-electron chi connectivity index (χ4n) is 2.40. The van der Waals surface area contributed by atoms with E-state index in [0.29, 0.717) is 12.1 Å². The normalized spacial score (nSPS) is 20.6. The van der Waals surface area contributed by atoms with Crippen LogP contribution in [0.1, 0.15) is 44.9 Å². The minimum Gasteiger partial charge on any atom is -0.468 e. The highest BCUT2D eigenvalue weighted by Crippen LogP contribution is 2.24. The van der Waals surface area contributed by atoms with Crippen LogP contribution in [-0.2, 0) is 0 Å². The summed E-state index contributed by atoms with van der Waals surface area (Å²) in [6.07, 6.45) is 5.59.